The summed E-state index contributed by atoms with van der Waals surface area (Å²) in [5.41, 5.74) is -0.450. The number of carbonyl (C=O) groups is 1. The molecule has 0 saturated heterocycles. The maximum Gasteiger partial charge on any atom is 0.313 e. The van der Waals surface area contributed by atoms with E-state index in [0.717, 1.165) is 6.26 Å². The second kappa shape index (κ2) is 4.93. The molecule has 0 aliphatic heterocycles. The van der Waals surface area contributed by atoms with E-state index in [-0.39, 0.29) is 12.4 Å². The van der Waals surface area contributed by atoms with Crippen molar-refractivity contribution >= 4 is 5.97 Å². The molecule has 3 nitrogen and oxygen atoms in total. The summed E-state index contributed by atoms with van der Waals surface area (Å²) in [6.07, 6.45) is 1.37. The molecule has 0 aliphatic carbocycles. The van der Waals surface area contributed by atoms with Gasteiger partial charge in [-0.25, -0.2) is 0 Å². The van der Waals surface area contributed by atoms with Crippen LogP contribution in [-0.2, 0) is 14.3 Å². The lowest BCUT2D eigenvalue weighted by molar-refractivity contribution is -0.144. The van der Waals surface area contributed by atoms with Gasteiger partial charge in [0, 0.05) is 6.61 Å². The third kappa shape index (κ3) is 4.91. The van der Waals surface area contributed by atoms with Gasteiger partial charge in [0.25, 0.3) is 0 Å². The summed E-state index contributed by atoms with van der Waals surface area (Å²) in [5.74, 6) is -0.316. The van der Waals surface area contributed by atoms with E-state index >= 15 is 0 Å². The van der Waals surface area contributed by atoms with Gasteiger partial charge in [0.1, 0.15) is 0 Å². The second-order valence-electron chi connectivity index (χ2n) is 3.03. The van der Waals surface area contributed by atoms with E-state index in [1.807, 2.05) is 20.8 Å². The van der Waals surface area contributed by atoms with Crippen molar-refractivity contribution in [3.05, 3.63) is 12.8 Å². The molecule has 0 aromatic heterocycles. The van der Waals surface area contributed by atoms with Crippen LogP contribution in [0.4, 0.5) is 0 Å². The van der Waals surface area contributed by atoms with E-state index in [1.54, 1.807) is 0 Å². The molecule has 0 unspecified atom stereocenters. The zero-order valence-electron chi connectivity index (χ0n) is 7.92. The molecule has 0 aromatic rings. The van der Waals surface area contributed by atoms with Crippen LogP contribution < -0.4 is 0 Å². The number of hydrogen-bond acceptors (Lipinski definition) is 3. The maximum absolute atomic E-state index is 11.0. The first kappa shape index (κ1) is 11.2. The lowest BCUT2D eigenvalue weighted by Gasteiger charge is -2.22. The summed E-state index contributed by atoms with van der Waals surface area (Å²) >= 11 is 0. The molecular formula is C9H16O3. The summed E-state index contributed by atoms with van der Waals surface area (Å²) in [6, 6.07) is 0. The number of hydrogen-bond donors (Lipinski definition) is 0. The van der Waals surface area contributed by atoms with E-state index in [0.29, 0.717) is 6.61 Å². The fraction of sp³-hybridized carbons (Fsp3) is 0.667. The van der Waals surface area contributed by atoms with Crippen LogP contribution in [0, 0.1) is 0 Å². The molecule has 12 heavy (non-hydrogen) atoms. The Hall–Kier alpha value is -0.830. The molecule has 0 heterocycles. The van der Waals surface area contributed by atoms with Crippen molar-refractivity contribution in [1.29, 1.82) is 0 Å². The molecule has 0 bridgehead atoms. The van der Waals surface area contributed by atoms with Crippen molar-refractivity contribution < 1.29 is 14.3 Å². The lowest BCUT2D eigenvalue weighted by Crippen LogP contribution is -2.28. The lowest BCUT2D eigenvalue weighted by atomic mass is 10.1. The van der Waals surface area contributed by atoms with Crippen LogP contribution in [0.2, 0.25) is 0 Å². The highest BCUT2D eigenvalue weighted by Gasteiger charge is 2.22. The molecule has 0 saturated carbocycles. The predicted octanol–water partition coefficient (Wildman–Crippen LogP) is 1.88. The molecule has 0 N–H and O–H groups in total. The molecular weight excluding hydrogens is 156 g/mol. The Morgan fingerprint density at radius 1 is 1.58 bits per heavy atom. The maximum atomic E-state index is 11.0. The fourth-order valence-electron chi connectivity index (χ4n) is 0.924. The highest BCUT2D eigenvalue weighted by Crippen LogP contribution is 2.14. The van der Waals surface area contributed by atoms with E-state index in [2.05, 4.69) is 11.3 Å². The van der Waals surface area contributed by atoms with Crippen molar-refractivity contribution in [2.24, 2.45) is 0 Å². The minimum Gasteiger partial charge on any atom is -0.435 e. The first-order valence-corrected chi connectivity index (χ1v) is 3.96. The van der Waals surface area contributed by atoms with Gasteiger partial charge in [-0.3, -0.25) is 4.79 Å². The molecule has 0 fully saturated rings. The molecule has 0 radical (unpaired) electrons. The van der Waals surface area contributed by atoms with Gasteiger partial charge in [-0.15, -0.1) is 0 Å². The van der Waals surface area contributed by atoms with Crippen molar-refractivity contribution in [2.75, 3.05) is 6.61 Å². The average molecular weight is 172 g/mol. The summed E-state index contributed by atoms with van der Waals surface area (Å²) in [4.78, 5) is 11.0. The Bertz CT molecular complexity index is 161. The molecule has 0 spiro atoms. The third-order valence-corrected chi connectivity index (χ3v) is 1.32. The minimum absolute atomic E-state index is 0.243. The molecule has 0 aromatic carbocycles. The summed E-state index contributed by atoms with van der Waals surface area (Å²) in [7, 11) is 0. The van der Waals surface area contributed by atoms with Crippen LogP contribution in [-0.4, -0.2) is 18.2 Å². The topological polar surface area (TPSA) is 35.5 Å². The predicted molar refractivity (Wildman–Crippen MR) is 46.6 cm³/mol. The normalized spacial score (nSPS) is 10.9. The molecule has 0 amide bonds. The van der Waals surface area contributed by atoms with Crippen molar-refractivity contribution in [2.45, 2.75) is 32.8 Å². The zero-order chi connectivity index (χ0) is 9.61. The van der Waals surface area contributed by atoms with Gasteiger partial charge < -0.3 is 9.47 Å². The number of esters is 1. The molecule has 0 rings (SSSR count). The highest BCUT2D eigenvalue weighted by atomic mass is 16.5. The summed E-state index contributed by atoms with van der Waals surface area (Å²) in [6.45, 7) is 9.47. The average Bonchev–Trinajstić information content (AvgIpc) is 1.85. The monoisotopic (exact) mass is 172 g/mol. The molecule has 70 valence electrons. The first-order chi connectivity index (χ1) is 5.52. The van der Waals surface area contributed by atoms with Crippen LogP contribution >= 0.6 is 0 Å². The SMILES string of the molecule is C=COC(=O)CC(C)(C)OCC. The van der Waals surface area contributed by atoms with Crippen molar-refractivity contribution in [3.8, 4) is 0 Å². The number of carbonyl (C=O) groups excluding carboxylic acids is 1. The zero-order valence-corrected chi connectivity index (χ0v) is 7.92. The van der Waals surface area contributed by atoms with Gasteiger partial charge in [-0.05, 0) is 20.8 Å². The van der Waals surface area contributed by atoms with Gasteiger partial charge in [-0.2, -0.15) is 0 Å². The Balaban J connectivity index is 3.87. The third-order valence-electron chi connectivity index (χ3n) is 1.32. The standard InChI is InChI=1S/C9H16O3/c1-5-11-8(10)7-9(3,4)12-6-2/h5H,1,6-7H2,2-4H3. The Labute approximate surface area is 73.4 Å². The largest absolute Gasteiger partial charge is 0.435 e. The van der Waals surface area contributed by atoms with E-state index in [4.69, 9.17) is 4.74 Å². The van der Waals surface area contributed by atoms with Crippen LogP contribution in [0.15, 0.2) is 12.8 Å². The minimum atomic E-state index is -0.450. The number of ether oxygens (including phenoxy) is 2. The highest BCUT2D eigenvalue weighted by molar-refractivity contribution is 5.71. The summed E-state index contributed by atoms with van der Waals surface area (Å²) in [5, 5.41) is 0. The van der Waals surface area contributed by atoms with Crippen molar-refractivity contribution in [3.63, 3.8) is 0 Å². The molecule has 3 heteroatoms. The van der Waals surface area contributed by atoms with Gasteiger partial charge in [0.05, 0.1) is 18.3 Å². The molecule has 0 aliphatic rings. The van der Waals surface area contributed by atoms with Crippen LogP contribution in [0.5, 0.6) is 0 Å². The smallest absolute Gasteiger partial charge is 0.313 e. The first-order valence-electron chi connectivity index (χ1n) is 3.96. The van der Waals surface area contributed by atoms with Crippen LogP contribution in [0.25, 0.3) is 0 Å². The van der Waals surface area contributed by atoms with Gasteiger partial charge in [-0.1, -0.05) is 6.58 Å². The van der Waals surface area contributed by atoms with Crippen LogP contribution in [0.1, 0.15) is 27.2 Å². The van der Waals surface area contributed by atoms with Gasteiger partial charge in [0.2, 0.25) is 0 Å². The van der Waals surface area contributed by atoms with E-state index < -0.39 is 5.60 Å². The quantitative estimate of drug-likeness (QED) is 0.469. The second-order valence-corrected chi connectivity index (χ2v) is 3.03. The van der Waals surface area contributed by atoms with E-state index in [1.165, 1.54) is 0 Å². The fourth-order valence-corrected chi connectivity index (χ4v) is 0.924. The van der Waals surface area contributed by atoms with E-state index in [9.17, 15) is 4.79 Å². The Kier molecular flexibility index (Phi) is 4.59. The van der Waals surface area contributed by atoms with Gasteiger partial charge >= 0.3 is 5.97 Å². The summed E-state index contributed by atoms with van der Waals surface area (Å²) < 4.78 is 9.88. The van der Waals surface area contributed by atoms with Gasteiger partial charge in [0.15, 0.2) is 0 Å². The van der Waals surface area contributed by atoms with Crippen molar-refractivity contribution in [1.82, 2.24) is 0 Å². The Morgan fingerprint density at radius 2 is 2.17 bits per heavy atom. The molecule has 0 atom stereocenters. The Morgan fingerprint density at radius 3 is 2.58 bits per heavy atom. The van der Waals surface area contributed by atoms with Crippen LogP contribution in [0.3, 0.4) is 0 Å². The number of rotatable bonds is 5.